The lowest BCUT2D eigenvalue weighted by Crippen LogP contribution is -2.44. The van der Waals surface area contributed by atoms with Gasteiger partial charge in [-0.2, -0.15) is 0 Å². The summed E-state index contributed by atoms with van der Waals surface area (Å²) >= 11 is 2.14. The Hall–Kier alpha value is -2.24. The van der Waals surface area contributed by atoms with Crippen LogP contribution in [0.5, 0.6) is 0 Å². The van der Waals surface area contributed by atoms with Crippen LogP contribution in [0.1, 0.15) is 0 Å². The van der Waals surface area contributed by atoms with Gasteiger partial charge in [-0.3, -0.25) is 4.72 Å². The van der Waals surface area contributed by atoms with Crippen molar-refractivity contribution >= 4 is 44.1 Å². The van der Waals surface area contributed by atoms with E-state index in [1.165, 1.54) is 0 Å². The number of nitrogens with zero attached hydrogens (tertiary/aromatic N) is 4. The van der Waals surface area contributed by atoms with Crippen LogP contribution in [0.15, 0.2) is 65.6 Å². The lowest BCUT2D eigenvalue weighted by atomic mass is 10.1. The Morgan fingerprint density at radius 2 is 1.53 bits per heavy atom. The Bertz CT molecular complexity index is 1100. The van der Waals surface area contributed by atoms with Crippen molar-refractivity contribution in [3.05, 3.63) is 64.2 Å². The van der Waals surface area contributed by atoms with E-state index in [2.05, 4.69) is 54.4 Å². The minimum Gasteiger partial charge on any atom is -0.353 e. The summed E-state index contributed by atoms with van der Waals surface area (Å²) in [5, 5.41) is 8.74. The van der Waals surface area contributed by atoms with Gasteiger partial charge in [-0.15, -0.1) is 10.2 Å². The summed E-state index contributed by atoms with van der Waals surface area (Å²) in [6, 6.07) is 17.8. The highest BCUT2D eigenvalue weighted by Gasteiger charge is 2.16. The van der Waals surface area contributed by atoms with Crippen molar-refractivity contribution in [2.45, 2.75) is 4.90 Å². The summed E-state index contributed by atoms with van der Waals surface area (Å²) in [7, 11) is -1.50. The van der Waals surface area contributed by atoms with Gasteiger partial charge in [0, 0.05) is 41.0 Å². The molecule has 9 heteroatoms. The van der Waals surface area contributed by atoms with E-state index in [-0.39, 0.29) is 4.90 Å². The molecule has 0 saturated carbocycles. The third-order valence-electron chi connectivity index (χ3n) is 5.03. The van der Waals surface area contributed by atoms with Crippen LogP contribution in [0.25, 0.3) is 11.3 Å². The quantitative estimate of drug-likeness (QED) is 0.506. The molecule has 156 valence electrons. The molecule has 30 heavy (non-hydrogen) atoms. The molecule has 1 aliphatic heterocycles. The van der Waals surface area contributed by atoms with Gasteiger partial charge in [0.15, 0.2) is 5.82 Å². The monoisotopic (exact) mass is 535 g/mol. The molecule has 0 aliphatic carbocycles. The zero-order valence-corrected chi connectivity index (χ0v) is 19.5. The highest BCUT2D eigenvalue weighted by Crippen LogP contribution is 2.23. The van der Waals surface area contributed by atoms with Crippen molar-refractivity contribution in [2.24, 2.45) is 0 Å². The number of sulfonamides is 1. The van der Waals surface area contributed by atoms with Crippen LogP contribution < -0.4 is 9.62 Å². The Labute approximate surface area is 190 Å². The average Bonchev–Trinajstić information content (AvgIpc) is 2.75. The Morgan fingerprint density at radius 3 is 2.13 bits per heavy atom. The summed E-state index contributed by atoms with van der Waals surface area (Å²) in [5.41, 5.74) is 2.13. The maximum Gasteiger partial charge on any atom is 0.261 e. The molecule has 0 unspecified atom stereocenters. The predicted octanol–water partition coefficient (Wildman–Crippen LogP) is 3.30. The molecule has 1 N–H and O–H groups in total. The molecule has 4 rings (SSSR count). The number of halogens is 1. The van der Waals surface area contributed by atoms with Crippen LogP contribution >= 0.6 is 22.6 Å². The lowest BCUT2D eigenvalue weighted by Gasteiger charge is -2.32. The van der Waals surface area contributed by atoms with E-state index in [0.29, 0.717) is 5.69 Å². The summed E-state index contributed by atoms with van der Waals surface area (Å²) < 4.78 is 28.7. The third-order valence-corrected chi connectivity index (χ3v) is 7.15. The van der Waals surface area contributed by atoms with Gasteiger partial charge in [0.1, 0.15) is 0 Å². The second-order valence-electron chi connectivity index (χ2n) is 7.20. The van der Waals surface area contributed by atoms with Crippen LogP contribution in [-0.4, -0.2) is 56.7 Å². The molecule has 0 bridgehead atoms. The molecule has 3 aromatic rings. The maximum atomic E-state index is 12.5. The second-order valence-corrected chi connectivity index (χ2v) is 10.1. The number of nitrogens with one attached hydrogen (secondary N) is 1. The molecule has 0 radical (unpaired) electrons. The van der Waals surface area contributed by atoms with Crippen LogP contribution in [0, 0.1) is 3.57 Å². The number of likely N-dealkylation sites (N-methyl/N-ethyl adjacent to an activating group) is 1. The van der Waals surface area contributed by atoms with E-state index < -0.39 is 10.0 Å². The van der Waals surface area contributed by atoms with E-state index in [1.54, 1.807) is 36.4 Å². The summed E-state index contributed by atoms with van der Waals surface area (Å²) in [5.74, 6) is 0.883. The first kappa shape index (κ1) is 21.0. The van der Waals surface area contributed by atoms with E-state index in [9.17, 15) is 8.42 Å². The standard InChI is InChI=1S/C21H22IN5O2S/c1-26-12-14-27(15-13-26)21-11-10-20(23-24-21)16-2-6-18(7-3-16)25-30(28,29)19-8-4-17(22)5-9-19/h2-11,25H,12-15H2,1H3. The van der Waals surface area contributed by atoms with Crippen LogP contribution in [-0.2, 0) is 10.0 Å². The first-order valence-corrected chi connectivity index (χ1v) is 12.1. The molecular formula is C21H22IN5O2S. The minimum atomic E-state index is -3.62. The Morgan fingerprint density at radius 1 is 0.867 bits per heavy atom. The van der Waals surface area contributed by atoms with Crippen molar-refractivity contribution in [3.8, 4) is 11.3 Å². The third kappa shape index (κ3) is 4.90. The fourth-order valence-corrected chi connectivity index (χ4v) is 4.64. The zero-order valence-electron chi connectivity index (χ0n) is 16.5. The summed E-state index contributed by atoms with van der Waals surface area (Å²) in [4.78, 5) is 4.77. The number of aromatic nitrogens is 2. The summed E-state index contributed by atoms with van der Waals surface area (Å²) in [6.45, 7) is 3.92. The van der Waals surface area contributed by atoms with Gasteiger partial charge in [0.25, 0.3) is 10.0 Å². The predicted molar refractivity (Wildman–Crippen MR) is 127 cm³/mol. The number of hydrogen-bond acceptors (Lipinski definition) is 6. The highest BCUT2D eigenvalue weighted by molar-refractivity contribution is 14.1. The van der Waals surface area contributed by atoms with Crippen LogP contribution in [0.2, 0.25) is 0 Å². The van der Waals surface area contributed by atoms with Gasteiger partial charge in [-0.1, -0.05) is 12.1 Å². The van der Waals surface area contributed by atoms with Crippen molar-refractivity contribution in [2.75, 3.05) is 42.8 Å². The fourth-order valence-electron chi connectivity index (χ4n) is 3.22. The molecular weight excluding hydrogens is 513 g/mol. The van der Waals surface area contributed by atoms with Gasteiger partial charge < -0.3 is 9.80 Å². The van der Waals surface area contributed by atoms with Gasteiger partial charge in [0.05, 0.1) is 10.6 Å². The maximum absolute atomic E-state index is 12.5. The topological polar surface area (TPSA) is 78.4 Å². The molecule has 1 aromatic heterocycles. The molecule has 2 heterocycles. The Kier molecular flexibility index (Phi) is 6.21. The fraction of sp³-hybridized carbons (Fsp3) is 0.238. The lowest BCUT2D eigenvalue weighted by molar-refractivity contribution is 0.312. The first-order valence-electron chi connectivity index (χ1n) is 9.57. The number of piperazine rings is 1. The smallest absolute Gasteiger partial charge is 0.261 e. The van der Waals surface area contributed by atoms with E-state index in [1.807, 2.05) is 24.3 Å². The molecule has 0 amide bonds. The van der Waals surface area contributed by atoms with Gasteiger partial charge in [0.2, 0.25) is 0 Å². The molecule has 0 atom stereocenters. The number of rotatable bonds is 5. The minimum absolute atomic E-state index is 0.234. The second kappa shape index (κ2) is 8.86. The van der Waals surface area contributed by atoms with Crippen molar-refractivity contribution in [3.63, 3.8) is 0 Å². The highest BCUT2D eigenvalue weighted by atomic mass is 127. The van der Waals surface area contributed by atoms with Crippen molar-refractivity contribution < 1.29 is 8.42 Å². The average molecular weight is 535 g/mol. The molecule has 1 saturated heterocycles. The van der Waals surface area contributed by atoms with E-state index in [4.69, 9.17) is 0 Å². The largest absolute Gasteiger partial charge is 0.353 e. The van der Waals surface area contributed by atoms with Gasteiger partial charge in [-0.05, 0) is 78.2 Å². The molecule has 2 aromatic carbocycles. The van der Waals surface area contributed by atoms with E-state index >= 15 is 0 Å². The number of hydrogen-bond donors (Lipinski definition) is 1. The van der Waals surface area contributed by atoms with E-state index in [0.717, 1.165) is 46.8 Å². The molecule has 0 spiro atoms. The summed E-state index contributed by atoms with van der Waals surface area (Å²) in [6.07, 6.45) is 0. The van der Waals surface area contributed by atoms with Crippen molar-refractivity contribution in [1.29, 1.82) is 0 Å². The van der Waals surface area contributed by atoms with Gasteiger partial charge in [-0.25, -0.2) is 8.42 Å². The van der Waals surface area contributed by atoms with Crippen molar-refractivity contribution in [1.82, 2.24) is 15.1 Å². The molecule has 1 fully saturated rings. The SMILES string of the molecule is CN1CCN(c2ccc(-c3ccc(NS(=O)(=O)c4ccc(I)cc4)cc3)nn2)CC1. The Balaban J connectivity index is 1.45. The zero-order chi connectivity index (χ0) is 21.1. The first-order chi connectivity index (χ1) is 14.4. The number of anilines is 2. The number of benzene rings is 2. The van der Waals surface area contributed by atoms with Crippen LogP contribution in [0.3, 0.4) is 0 Å². The molecule has 1 aliphatic rings. The van der Waals surface area contributed by atoms with Crippen LogP contribution in [0.4, 0.5) is 11.5 Å². The molecule has 7 nitrogen and oxygen atoms in total. The van der Waals surface area contributed by atoms with Gasteiger partial charge >= 0.3 is 0 Å². The normalized spacial score (nSPS) is 15.2.